The van der Waals surface area contributed by atoms with Crippen molar-refractivity contribution in [2.75, 3.05) is 13.6 Å². The zero-order valence-corrected chi connectivity index (χ0v) is 9.81. The number of fused-ring (bicyclic) bond motifs is 1. The Morgan fingerprint density at radius 2 is 2.24 bits per heavy atom. The summed E-state index contributed by atoms with van der Waals surface area (Å²) in [5.74, 6) is 1.23. The molecule has 1 aliphatic rings. The Morgan fingerprint density at radius 1 is 1.41 bits per heavy atom. The summed E-state index contributed by atoms with van der Waals surface area (Å²) < 4.78 is 0. The average molecular weight is 229 g/mol. The van der Waals surface area contributed by atoms with Crippen molar-refractivity contribution in [3.05, 3.63) is 30.1 Å². The molecule has 0 bridgehead atoms. The molecule has 4 nitrogen and oxygen atoms in total. The predicted molar refractivity (Wildman–Crippen MR) is 65.7 cm³/mol. The van der Waals surface area contributed by atoms with E-state index in [1.807, 2.05) is 31.3 Å². The van der Waals surface area contributed by atoms with E-state index in [2.05, 4.69) is 14.9 Å². The number of nitrogens with one attached hydrogen (secondary N) is 1. The molecule has 0 unspecified atom stereocenters. The molecule has 1 aromatic heterocycles. The van der Waals surface area contributed by atoms with E-state index in [4.69, 9.17) is 0 Å². The molecule has 17 heavy (non-hydrogen) atoms. The van der Waals surface area contributed by atoms with Crippen molar-refractivity contribution in [2.45, 2.75) is 18.9 Å². The number of hydrogen-bond acceptors (Lipinski definition) is 3. The largest absolute Gasteiger partial charge is 0.341 e. The summed E-state index contributed by atoms with van der Waals surface area (Å²) >= 11 is 0. The molecule has 1 saturated heterocycles. The minimum Gasteiger partial charge on any atom is -0.341 e. The molecule has 3 rings (SSSR count). The summed E-state index contributed by atoms with van der Waals surface area (Å²) in [6.45, 7) is 0.820. The van der Waals surface area contributed by atoms with Gasteiger partial charge in [0, 0.05) is 19.4 Å². The number of nitrogens with zero attached hydrogens (tertiary/aromatic N) is 2. The molecule has 0 aliphatic carbocycles. The van der Waals surface area contributed by atoms with Gasteiger partial charge in [-0.2, -0.15) is 0 Å². The van der Waals surface area contributed by atoms with E-state index in [0.29, 0.717) is 18.6 Å². The van der Waals surface area contributed by atoms with Crippen LogP contribution in [0.3, 0.4) is 0 Å². The van der Waals surface area contributed by atoms with Gasteiger partial charge < -0.3 is 4.98 Å². The van der Waals surface area contributed by atoms with Crippen molar-refractivity contribution in [3.63, 3.8) is 0 Å². The second-order valence-corrected chi connectivity index (χ2v) is 4.63. The van der Waals surface area contributed by atoms with E-state index < -0.39 is 0 Å². The number of H-pyrrole nitrogens is 1. The zero-order valence-electron chi connectivity index (χ0n) is 9.81. The highest BCUT2D eigenvalue weighted by Gasteiger charge is 2.27. The van der Waals surface area contributed by atoms with Crippen molar-refractivity contribution in [1.29, 1.82) is 0 Å². The first kappa shape index (κ1) is 10.5. The van der Waals surface area contributed by atoms with E-state index in [1.165, 1.54) is 0 Å². The van der Waals surface area contributed by atoms with Crippen LogP contribution in [0.25, 0.3) is 11.0 Å². The Hall–Kier alpha value is -1.68. The lowest BCUT2D eigenvalue weighted by Gasteiger charge is -2.29. The van der Waals surface area contributed by atoms with E-state index >= 15 is 0 Å². The first-order valence-electron chi connectivity index (χ1n) is 5.90. The van der Waals surface area contributed by atoms with Gasteiger partial charge in [0.15, 0.2) is 0 Å². The van der Waals surface area contributed by atoms with Crippen LogP contribution in [-0.2, 0) is 4.79 Å². The van der Waals surface area contributed by atoms with Gasteiger partial charge in [0.2, 0.25) is 0 Å². The van der Waals surface area contributed by atoms with Gasteiger partial charge in [-0.3, -0.25) is 9.69 Å². The minimum absolute atomic E-state index is 0.101. The highest BCUT2D eigenvalue weighted by atomic mass is 16.1. The summed E-state index contributed by atoms with van der Waals surface area (Å²) in [5, 5.41) is 0. The average Bonchev–Trinajstić information content (AvgIpc) is 2.75. The fraction of sp³-hybridized carbons (Fsp3) is 0.385. The highest BCUT2D eigenvalue weighted by molar-refractivity contribution is 5.80. The van der Waals surface area contributed by atoms with Gasteiger partial charge in [-0.05, 0) is 19.2 Å². The monoisotopic (exact) mass is 229 g/mol. The smallest absolute Gasteiger partial charge is 0.136 e. The third kappa shape index (κ3) is 1.85. The molecular formula is C13H15N3O. The number of aromatic nitrogens is 2. The molecular weight excluding hydrogens is 214 g/mol. The summed E-state index contributed by atoms with van der Waals surface area (Å²) in [6, 6.07) is 8.06. The SMILES string of the molecule is CN1CCC(=O)C[C@@H]1c1nc2ccccc2[nH]1. The van der Waals surface area contributed by atoms with Gasteiger partial charge >= 0.3 is 0 Å². The Labute approximate surface area is 99.6 Å². The maximum absolute atomic E-state index is 11.5. The molecule has 2 aromatic rings. The molecule has 1 N–H and O–H groups in total. The first-order chi connectivity index (χ1) is 8.24. The minimum atomic E-state index is 0.101. The number of hydrogen-bond donors (Lipinski definition) is 1. The number of benzene rings is 1. The van der Waals surface area contributed by atoms with E-state index in [9.17, 15) is 4.79 Å². The third-order valence-electron chi connectivity index (χ3n) is 3.42. The topological polar surface area (TPSA) is 49.0 Å². The Kier molecular flexibility index (Phi) is 2.44. The quantitative estimate of drug-likeness (QED) is 0.812. The standard InChI is InChI=1S/C13H15N3O/c1-16-7-6-9(17)8-12(16)13-14-10-4-2-3-5-11(10)15-13/h2-5,12H,6-8H2,1H3,(H,14,15)/t12-/m1/s1. The fourth-order valence-corrected chi connectivity index (χ4v) is 2.37. The zero-order chi connectivity index (χ0) is 11.8. The number of imidazole rings is 1. The van der Waals surface area contributed by atoms with E-state index in [0.717, 1.165) is 23.4 Å². The maximum Gasteiger partial charge on any atom is 0.136 e. The Morgan fingerprint density at radius 3 is 3.06 bits per heavy atom. The molecule has 1 aromatic carbocycles. The summed E-state index contributed by atoms with van der Waals surface area (Å²) in [6.07, 6.45) is 1.23. The van der Waals surface area contributed by atoms with Gasteiger partial charge in [0.25, 0.3) is 0 Å². The highest BCUT2D eigenvalue weighted by Crippen LogP contribution is 2.27. The van der Waals surface area contributed by atoms with Crippen molar-refractivity contribution in [2.24, 2.45) is 0 Å². The molecule has 0 radical (unpaired) electrons. The number of likely N-dealkylation sites (tertiary alicyclic amines) is 1. The van der Waals surface area contributed by atoms with Crippen molar-refractivity contribution < 1.29 is 4.79 Å². The van der Waals surface area contributed by atoms with Crippen molar-refractivity contribution in [3.8, 4) is 0 Å². The van der Waals surface area contributed by atoms with Crippen LogP contribution < -0.4 is 0 Å². The van der Waals surface area contributed by atoms with Gasteiger partial charge in [-0.1, -0.05) is 12.1 Å². The molecule has 1 aliphatic heterocycles. The molecule has 0 amide bonds. The molecule has 1 atom stereocenters. The third-order valence-corrected chi connectivity index (χ3v) is 3.42. The lowest BCUT2D eigenvalue weighted by atomic mass is 10.0. The number of carbonyl (C=O) groups is 1. The predicted octanol–water partition coefficient (Wildman–Crippen LogP) is 1.90. The second-order valence-electron chi connectivity index (χ2n) is 4.63. The lowest BCUT2D eigenvalue weighted by molar-refractivity contribution is -0.123. The summed E-state index contributed by atoms with van der Waals surface area (Å²) in [7, 11) is 2.05. The molecule has 88 valence electrons. The van der Waals surface area contributed by atoms with E-state index in [-0.39, 0.29) is 6.04 Å². The molecule has 0 spiro atoms. The number of aromatic amines is 1. The van der Waals surface area contributed by atoms with Gasteiger partial charge in [0.05, 0.1) is 17.1 Å². The summed E-state index contributed by atoms with van der Waals surface area (Å²) in [4.78, 5) is 21.6. The number of piperidine rings is 1. The first-order valence-corrected chi connectivity index (χ1v) is 5.90. The van der Waals surface area contributed by atoms with Crippen LogP contribution in [0, 0.1) is 0 Å². The molecule has 2 heterocycles. The molecule has 0 saturated carbocycles. The number of ketones is 1. The second kappa shape index (κ2) is 3.96. The summed E-state index contributed by atoms with van der Waals surface area (Å²) in [5.41, 5.74) is 2.00. The van der Waals surface area contributed by atoms with E-state index in [1.54, 1.807) is 0 Å². The van der Waals surface area contributed by atoms with Crippen LogP contribution in [0.1, 0.15) is 24.7 Å². The fourth-order valence-electron chi connectivity index (χ4n) is 2.37. The Bertz CT molecular complexity index is 528. The van der Waals surface area contributed by atoms with Crippen LogP contribution in [0.5, 0.6) is 0 Å². The van der Waals surface area contributed by atoms with Crippen molar-refractivity contribution in [1.82, 2.24) is 14.9 Å². The van der Waals surface area contributed by atoms with Crippen LogP contribution in [0.2, 0.25) is 0 Å². The van der Waals surface area contributed by atoms with Crippen LogP contribution in [0.4, 0.5) is 0 Å². The van der Waals surface area contributed by atoms with Crippen LogP contribution >= 0.6 is 0 Å². The van der Waals surface area contributed by atoms with Gasteiger partial charge in [-0.15, -0.1) is 0 Å². The van der Waals surface area contributed by atoms with Gasteiger partial charge in [0.1, 0.15) is 11.6 Å². The van der Waals surface area contributed by atoms with Gasteiger partial charge in [-0.25, -0.2) is 4.98 Å². The van der Waals surface area contributed by atoms with Crippen LogP contribution in [-0.4, -0.2) is 34.2 Å². The molecule has 1 fully saturated rings. The Balaban J connectivity index is 1.99. The number of para-hydroxylation sites is 2. The number of Topliss-reactive ketones (excluding diaryl/α,β-unsaturated/α-hetero) is 1. The maximum atomic E-state index is 11.5. The van der Waals surface area contributed by atoms with Crippen LogP contribution in [0.15, 0.2) is 24.3 Å². The normalized spacial score (nSPS) is 22.2. The lowest BCUT2D eigenvalue weighted by Crippen LogP contribution is -2.34. The van der Waals surface area contributed by atoms with Crippen molar-refractivity contribution >= 4 is 16.8 Å². The number of rotatable bonds is 1. The number of carbonyl (C=O) groups excluding carboxylic acids is 1. The molecule has 4 heteroatoms.